The van der Waals surface area contributed by atoms with Crippen molar-refractivity contribution in [1.29, 1.82) is 0 Å². The van der Waals surface area contributed by atoms with Gasteiger partial charge >= 0.3 is 12.2 Å². The Hall–Kier alpha value is -2.31. The van der Waals surface area contributed by atoms with E-state index < -0.39 is 35.6 Å². The highest BCUT2D eigenvalue weighted by Crippen LogP contribution is 2.29. The summed E-state index contributed by atoms with van der Waals surface area (Å²) in [4.78, 5) is 28.0. The molecule has 0 radical (unpaired) electrons. The Morgan fingerprint density at radius 2 is 1.50 bits per heavy atom. The summed E-state index contributed by atoms with van der Waals surface area (Å²) in [5, 5.41) is 0. The first-order valence-corrected chi connectivity index (χ1v) is 9.54. The lowest BCUT2D eigenvalue weighted by molar-refractivity contribution is -0.0277. The van der Waals surface area contributed by atoms with E-state index in [9.17, 15) is 9.59 Å². The molecule has 0 saturated carbocycles. The summed E-state index contributed by atoms with van der Waals surface area (Å²) < 4.78 is 26.3. The highest BCUT2D eigenvalue weighted by atomic mass is 19.1. The van der Waals surface area contributed by atoms with Gasteiger partial charge in [0.1, 0.15) is 17.4 Å². The SMILES string of the molecule is CC(C)(C)OC(=O)N1CCN(C(=O)OC(C)(C)C)[C@@H](C(F)c2ccccc2)C1. The normalized spacial score (nSPS) is 19.2. The predicted molar refractivity (Wildman–Crippen MR) is 105 cm³/mol. The zero-order valence-electron chi connectivity index (χ0n) is 17.6. The van der Waals surface area contributed by atoms with Gasteiger partial charge in [-0.05, 0) is 47.1 Å². The van der Waals surface area contributed by atoms with Gasteiger partial charge in [0.15, 0.2) is 0 Å². The van der Waals surface area contributed by atoms with Gasteiger partial charge in [-0.3, -0.25) is 4.90 Å². The minimum absolute atomic E-state index is 0.0320. The molecule has 0 N–H and O–H groups in total. The van der Waals surface area contributed by atoms with Gasteiger partial charge in [0.25, 0.3) is 0 Å². The zero-order valence-corrected chi connectivity index (χ0v) is 17.6. The monoisotopic (exact) mass is 394 g/mol. The van der Waals surface area contributed by atoms with Gasteiger partial charge in [0, 0.05) is 19.6 Å². The average molecular weight is 394 g/mol. The molecule has 0 spiro atoms. The van der Waals surface area contributed by atoms with E-state index in [2.05, 4.69) is 0 Å². The number of hydrogen-bond acceptors (Lipinski definition) is 4. The van der Waals surface area contributed by atoms with Crippen LogP contribution in [0.3, 0.4) is 0 Å². The van der Waals surface area contributed by atoms with E-state index in [-0.39, 0.29) is 19.6 Å². The van der Waals surface area contributed by atoms with Crippen molar-refractivity contribution in [2.45, 2.75) is 65.0 Å². The summed E-state index contributed by atoms with van der Waals surface area (Å²) in [7, 11) is 0. The third-order valence-electron chi connectivity index (χ3n) is 4.15. The van der Waals surface area contributed by atoms with Crippen molar-refractivity contribution in [1.82, 2.24) is 9.80 Å². The molecule has 0 aliphatic carbocycles. The van der Waals surface area contributed by atoms with Gasteiger partial charge in [-0.2, -0.15) is 0 Å². The molecule has 2 atom stereocenters. The summed E-state index contributed by atoms with van der Waals surface area (Å²) in [6, 6.07) is 7.77. The van der Waals surface area contributed by atoms with Crippen molar-refractivity contribution < 1.29 is 23.5 Å². The van der Waals surface area contributed by atoms with Crippen molar-refractivity contribution in [3.05, 3.63) is 35.9 Å². The van der Waals surface area contributed by atoms with Crippen molar-refractivity contribution >= 4 is 12.2 Å². The number of carbonyl (C=O) groups is 2. The predicted octanol–water partition coefficient (Wildman–Crippen LogP) is 4.55. The van der Waals surface area contributed by atoms with Crippen LogP contribution in [0.2, 0.25) is 0 Å². The Morgan fingerprint density at radius 1 is 0.964 bits per heavy atom. The number of hydrogen-bond donors (Lipinski definition) is 0. The van der Waals surface area contributed by atoms with E-state index in [1.165, 1.54) is 9.80 Å². The molecule has 1 aliphatic rings. The second-order valence-electron chi connectivity index (χ2n) is 8.98. The van der Waals surface area contributed by atoms with E-state index in [0.717, 1.165) is 0 Å². The molecule has 7 heteroatoms. The Morgan fingerprint density at radius 3 is 2.04 bits per heavy atom. The standard InChI is InChI=1S/C21H31FN2O4/c1-20(2,3)27-18(25)23-12-13-24(19(26)28-21(4,5)6)16(14-23)17(22)15-10-8-7-9-11-15/h7-11,16-17H,12-14H2,1-6H3/t16-,17?/m1/s1. The maximum Gasteiger partial charge on any atom is 0.410 e. The number of benzene rings is 1. The Labute approximate surface area is 166 Å². The highest BCUT2D eigenvalue weighted by molar-refractivity contribution is 5.71. The molecule has 0 bridgehead atoms. The van der Waals surface area contributed by atoms with Crippen LogP contribution in [0.15, 0.2) is 30.3 Å². The molecule has 2 amide bonds. The summed E-state index contributed by atoms with van der Waals surface area (Å²) in [6.45, 7) is 11.1. The molecule has 1 unspecified atom stereocenters. The summed E-state index contributed by atoms with van der Waals surface area (Å²) in [5.41, 5.74) is -0.890. The van der Waals surface area contributed by atoms with E-state index in [1.807, 2.05) is 0 Å². The molecular formula is C21H31FN2O4. The Kier molecular flexibility index (Phi) is 6.57. The first-order valence-electron chi connectivity index (χ1n) is 9.54. The molecule has 0 aromatic heterocycles. The molecule has 1 aliphatic heterocycles. The molecule has 156 valence electrons. The van der Waals surface area contributed by atoms with Crippen LogP contribution in [0, 0.1) is 0 Å². The average Bonchev–Trinajstić information content (AvgIpc) is 2.58. The number of alkyl halides is 1. The van der Waals surface area contributed by atoms with Gasteiger partial charge < -0.3 is 14.4 Å². The minimum atomic E-state index is -1.46. The number of halogens is 1. The molecule has 2 rings (SSSR count). The fourth-order valence-corrected chi connectivity index (χ4v) is 2.96. The van der Waals surface area contributed by atoms with Crippen LogP contribution >= 0.6 is 0 Å². The first-order chi connectivity index (χ1) is 12.9. The first kappa shape index (κ1) is 22.0. The quantitative estimate of drug-likeness (QED) is 0.738. The number of piperazine rings is 1. The largest absolute Gasteiger partial charge is 0.444 e. The van der Waals surface area contributed by atoms with E-state index >= 15 is 4.39 Å². The molecule has 28 heavy (non-hydrogen) atoms. The lowest BCUT2D eigenvalue weighted by atomic mass is 10.0. The third kappa shape index (κ3) is 6.11. The van der Waals surface area contributed by atoms with E-state index in [0.29, 0.717) is 5.56 Å². The van der Waals surface area contributed by atoms with Gasteiger partial charge in [-0.25, -0.2) is 14.0 Å². The Balaban J connectivity index is 2.24. The van der Waals surface area contributed by atoms with Crippen LogP contribution in [-0.2, 0) is 9.47 Å². The number of carbonyl (C=O) groups excluding carboxylic acids is 2. The number of rotatable bonds is 2. The summed E-state index contributed by atoms with van der Waals surface area (Å²) >= 11 is 0. The van der Waals surface area contributed by atoms with Gasteiger partial charge in [0.2, 0.25) is 0 Å². The minimum Gasteiger partial charge on any atom is -0.444 e. The van der Waals surface area contributed by atoms with Crippen LogP contribution in [0.4, 0.5) is 14.0 Å². The van der Waals surface area contributed by atoms with Crippen molar-refractivity contribution in [3.8, 4) is 0 Å². The smallest absolute Gasteiger partial charge is 0.410 e. The van der Waals surface area contributed by atoms with Gasteiger partial charge in [-0.15, -0.1) is 0 Å². The van der Waals surface area contributed by atoms with Crippen LogP contribution in [0.5, 0.6) is 0 Å². The van der Waals surface area contributed by atoms with Crippen molar-refractivity contribution in [2.24, 2.45) is 0 Å². The molecule has 1 aromatic carbocycles. The Bertz CT molecular complexity index is 682. The number of ether oxygens (including phenoxy) is 2. The van der Waals surface area contributed by atoms with Gasteiger partial charge in [-0.1, -0.05) is 30.3 Å². The lowest BCUT2D eigenvalue weighted by Gasteiger charge is -2.43. The fourth-order valence-electron chi connectivity index (χ4n) is 2.96. The lowest BCUT2D eigenvalue weighted by Crippen LogP contribution is -2.59. The second kappa shape index (κ2) is 8.37. The summed E-state index contributed by atoms with van der Waals surface area (Å²) in [5.74, 6) is 0. The van der Waals surface area contributed by atoms with E-state index in [4.69, 9.17) is 9.47 Å². The van der Waals surface area contributed by atoms with Crippen LogP contribution in [-0.4, -0.2) is 58.9 Å². The number of amides is 2. The van der Waals surface area contributed by atoms with Gasteiger partial charge in [0.05, 0.1) is 6.04 Å². The number of nitrogens with zero attached hydrogens (tertiary/aromatic N) is 2. The van der Waals surface area contributed by atoms with Crippen molar-refractivity contribution in [2.75, 3.05) is 19.6 Å². The molecular weight excluding hydrogens is 363 g/mol. The van der Waals surface area contributed by atoms with Crippen LogP contribution in [0.1, 0.15) is 53.3 Å². The van der Waals surface area contributed by atoms with E-state index in [1.54, 1.807) is 71.9 Å². The molecule has 1 aromatic rings. The highest BCUT2D eigenvalue weighted by Gasteiger charge is 2.41. The molecule has 6 nitrogen and oxygen atoms in total. The molecule has 1 heterocycles. The third-order valence-corrected chi connectivity index (χ3v) is 4.15. The summed E-state index contributed by atoms with van der Waals surface area (Å²) in [6.07, 6.45) is -2.56. The van der Waals surface area contributed by atoms with Crippen LogP contribution in [0.25, 0.3) is 0 Å². The fraction of sp³-hybridized carbons (Fsp3) is 0.619. The van der Waals surface area contributed by atoms with Crippen LogP contribution < -0.4 is 0 Å². The topological polar surface area (TPSA) is 59.1 Å². The second-order valence-corrected chi connectivity index (χ2v) is 8.98. The molecule has 1 saturated heterocycles. The molecule has 1 fully saturated rings. The maximum absolute atomic E-state index is 15.4. The van der Waals surface area contributed by atoms with Crippen molar-refractivity contribution in [3.63, 3.8) is 0 Å². The maximum atomic E-state index is 15.4. The zero-order chi connectivity index (χ0) is 21.1.